The summed E-state index contributed by atoms with van der Waals surface area (Å²) in [6.45, 7) is 0.137. The first-order valence-electron chi connectivity index (χ1n) is 7.56. The van der Waals surface area contributed by atoms with Crippen LogP contribution in [0.1, 0.15) is 11.4 Å². The Morgan fingerprint density at radius 2 is 2.12 bits per heavy atom. The number of halogens is 1. The molecule has 0 radical (unpaired) electrons. The smallest absolute Gasteiger partial charge is 0.262 e. The van der Waals surface area contributed by atoms with Gasteiger partial charge in [-0.15, -0.1) is 0 Å². The van der Waals surface area contributed by atoms with Crippen LogP contribution in [0.5, 0.6) is 5.75 Å². The summed E-state index contributed by atoms with van der Waals surface area (Å²) in [6.07, 6.45) is 0.243. The van der Waals surface area contributed by atoms with E-state index in [9.17, 15) is 14.4 Å². The number of methoxy groups -OCH3 is 1. The van der Waals surface area contributed by atoms with Crippen molar-refractivity contribution in [2.24, 2.45) is 0 Å². The van der Waals surface area contributed by atoms with Gasteiger partial charge in [0.25, 0.3) is 5.56 Å². The number of nitrogens with two attached hydrogens (primary N) is 1. The molecule has 0 aliphatic rings. The van der Waals surface area contributed by atoms with Crippen molar-refractivity contribution in [2.45, 2.75) is 13.0 Å². The third kappa shape index (κ3) is 3.15. The van der Waals surface area contributed by atoms with Crippen molar-refractivity contribution in [3.05, 3.63) is 64.0 Å². The molecule has 7 heteroatoms. The number of nitriles is 1. The first-order chi connectivity index (χ1) is 12.0. The van der Waals surface area contributed by atoms with Crippen LogP contribution < -0.4 is 16.0 Å². The number of anilines is 1. The normalized spacial score (nSPS) is 10.6. The van der Waals surface area contributed by atoms with E-state index in [-0.39, 0.29) is 24.3 Å². The lowest BCUT2D eigenvalue weighted by Crippen LogP contribution is -2.25. The molecule has 2 N–H and O–H groups in total. The minimum atomic E-state index is -0.424. The van der Waals surface area contributed by atoms with Crippen molar-refractivity contribution in [1.29, 1.82) is 5.26 Å². The number of rotatable bonds is 4. The Morgan fingerprint density at radius 1 is 1.32 bits per heavy atom. The van der Waals surface area contributed by atoms with Gasteiger partial charge in [-0.05, 0) is 36.2 Å². The monoisotopic (exact) mass is 338 g/mol. The molecule has 0 bridgehead atoms. The molecule has 0 spiro atoms. The van der Waals surface area contributed by atoms with Crippen molar-refractivity contribution < 1.29 is 9.13 Å². The van der Waals surface area contributed by atoms with E-state index in [0.717, 1.165) is 0 Å². The molecule has 3 rings (SSSR count). The van der Waals surface area contributed by atoms with Crippen LogP contribution in [-0.4, -0.2) is 16.7 Å². The second-order valence-corrected chi connectivity index (χ2v) is 5.49. The molecule has 0 aliphatic heterocycles. The molecule has 1 aromatic heterocycles. The third-order valence-corrected chi connectivity index (χ3v) is 3.94. The minimum Gasteiger partial charge on any atom is -0.497 e. The van der Waals surface area contributed by atoms with E-state index < -0.39 is 5.82 Å². The van der Waals surface area contributed by atoms with Crippen LogP contribution in [0.2, 0.25) is 0 Å². The minimum absolute atomic E-state index is 0.0305. The van der Waals surface area contributed by atoms with E-state index in [1.54, 1.807) is 30.3 Å². The largest absolute Gasteiger partial charge is 0.497 e. The number of fused-ring (bicyclic) bond motifs is 1. The Kier molecular flexibility index (Phi) is 4.35. The van der Waals surface area contributed by atoms with E-state index in [2.05, 4.69) is 4.98 Å². The molecule has 25 heavy (non-hydrogen) atoms. The fourth-order valence-electron chi connectivity index (χ4n) is 2.62. The van der Waals surface area contributed by atoms with Gasteiger partial charge in [0.15, 0.2) is 0 Å². The standard InChI is InChI=1S/C18H15FN4O2/c1-25-13-4-2-11(15(19)9-13)6-7-23-17(10-20)22-16-8-12(21)3-5-14(16)18(23)24/h2-5,8-9H,6-7,21H2,1H3. The quantitative estimate of drug-likeness (QED) is 0.736. The van der Waals surface area contributed by atoms with Gasteiger partial charge in [0.1, 0.15) is 17.6 Å². The van der Waals surface area contributed by atoms with Crippen LogP contribution in [0.3, 0.4) is 0 Å². The van der Waals surface area contributed by atoms with Crippen LogP contribution in [0.15, 0.2) is 41.2 Å². The molecular formula is C18H15FN4O2. The first-order valence-corrected chi connectivity index (χ1v) is 7.56. The highest BCUT2D eigenvalue weighted by Crippen LogP contribution is 2.18. The zero-order chi connectivity index (χ0) is 18.0. The molecule has 6 nitrogen and oxygen atoms in total. The predicted octanol–water partition coefficient (Wildman–Crippen LogP) is 2.24. The average Bonchev–Trinajstić information content (AvgIpc) is 2.61. The summed E-state index contributed by atoms with van der Waals surface area (Å²) >= 11 is 0. The molecule has 0 atom stereocenters. The fraction of sp³-hybridized carbons (Fsp3) is 0.167. The maximum Gasteiger partial charge on any atom is 0.262 e. The molecule has 1 heterocycles. The van der Waals surface area contributed by atoms with Gasteiger partial charge in [0.05, 0.1) is 18.0 Å². The zero-order valence-electron chi connectivity index (χ0n) is 13.5. The van der Waals surface area contributed by atoms with Crippen LogP contribution in [0, 0.1) is 17.1 Å². The lowest BCUT2D eigenvalue weighted by atomic mass is 10.1. The number of aromatic nitrogens is 2. The summed E-state index contributed by atoms with van der Waals surface area (Å²) in [7, 11) is 1.46. The number of benzene rings is 2. The predicted molar refractivity (Wildman–Crippen MR) is 91.8 cm³/mol. The average molecular weight is 338 g/mol. The number of hydrogen-bond acceptors (Lipinski definition) is 5. The van der Waals surface area contributed by atoms with Crippen molar-refractivity contribution in [3.63, 3.8) is 0 Å². The molecule has 0 amide bonds. The molecule has 0 fully saturated rings. The number of aryl methyl sites for hydroxylation is 1. The van der Waals surface area contributed by atoms with Crippen LogP contribution >= 0.6 is 0 Å². The van der Waals surface area contributed by atoms with Crippen molar-refractivity contribution in [3.8, 4) is 11.8 Å². The summed E-state index contributed by atoms with van der Waals surface area (Å²) < 4.78 is 20.3. The maximum atomic E-state index is 14.1. The number of nitrogen functional groups attached to an aromatic ring is 1. The Balaban J connectivity index is 1.99. The Labute approximate surface area is 142 Å². The number of hydrogen-bond donors (Lipinski definition) is 1. The second-order valence-electron chi connectivity index (χ2n) is 5.49. The highest BCUT2D eigenvalue weighted by Gasteiger charge is 2.12. The van der Waals surface area contributed by atoms with Gasteiger partial charge in [0, 0.05) is 18.3 Å². The Bertz CT molecular complexity index is 1050. The summed E-state index contributed by atoms with van der Waals surface area (Å²) in [5.41, 5.74) is 6.60. The molecule has 2 aromatic carbocycles. The van der Waals surface area contributed by atoms with Crippen LogP contribution in [0.25, 0.3) is 10.9 Å². The molecule has 0 unspecified atom stereocenters. The highest BCUT2D eigenvalue weighted by atomic mass is 19.1. The number of ether oxygens (including phenoxy) is 1. The molecule has 0 aliphatic carbocycles. The number of nitrogens with zero attached hydrogens (tertiary/aromatic N) is 3. The summed E-state index contributed by atoms with van der Waals surface area (Å²) in [4.78, 5) is 16.8. The Hall–Kier alpha value is -3.40. The van der Waals surface area contributed by atoms with Gasteiger partial charge in [-0.25, -0.2) is 9.37 Å². The maximum absolute atomic E-state index is 14.1. The fourth-order valence-corrected chi connectivity index (χ4v) is 2.62. The van der Waals surface area contributed by atoms with E-state index in [1.165, 1.54) is 17.7 Å². The van der Waals surface area contributed by atoms with Crippen molar-refractivity contribution in [1.82, 2.24) is 9.55 Å². The van der Waals surface area contributed by atoms with E-state index in [4.69, 9.17) is 10.5 Å². The van der Waals surface area contributed by atoms with Gasteiger partial charge < -0.3 is 10.5 Å². The van der Waals surface area contributed by atoms with Gasteiger partial charge in [-0.2, -0.15) is 5.26 Å². The third-order valence-electron chi connectivity index (χ3n) is 3.94. The molecule has 0 saturated heterocycles. The summed E-state index contributed by atoms with van der Waals surface area (Å²) in [5.74, 6) is -0.0365. The van der Waals surface area contributed by atoms with E-state index in [0.29, 0.717) is 27.9 Å². The van der Waals surface area contributed by atoms with Crippen molar-refractivity contribution >= 4 is 16.6 Å². The molecule has 0 saturated carbocycles. The van der Waals surface area contributed by atoms with Crippen LogP contribution in [0.4, 0.5) is 10.1 Å². The molecule has 126 valence electrons. The lowest BCUT2D eigenvalue weighted by Gasteiger charge is -2.10. The molecule has 3 aromatic rings. The van der Waals surface area contributed by atoms with E-state index in [1.807, 2.05) is 6.07 Å². The SMILES string of the molecule is COc1ccc(CCn2c(C#N)nc3cc(N)ccc3c2=O)c(F)c1. The first kappa shape index (κ1) is 16.5. The van der Waals surface area contributed by atoms with Crippen LogP contribution in [-0.2, 0) is 13.0 Å². The van der Waals surface area contributed by atoms with Gasteiger partial charge in [-0.3, -0.25) is 9.36 Å². The van der Waals surface area contributed by atoms with Gasteiger partial charge in [0.2, 0.25) is 5.82 Å². The second kappa shape index (κ2) is 6.61. The van der Waals surface area contributed by atoms with E-state index >= 15 is 0 Å². The zero-order valence-corrected chi connectivity index (χ0v) is 13.5. The highest BCUT2D eigenvalue weighted by molar-refractivity contribution is 5.81. The molecular weight excluding hydrogens is 323 g/mol. The Morgan fingerprint density at radius 3 is 2.80 bits per heavy atom. The van der Waals surface area contributed by atoms with Crippen molar-refractivity contribution in [2.75, 3.05) is 12.8 Å². The summed E-state index contributed by atoms with van der Waals surface area (Å²) in [6, 6.07) is 11.2. The van der Waals surface area contributed by atoms with Gasteiger partial charge in [-0.1, -0.05) is 6.07 Å². The van der Waals surface area contributed by atoms with Gasteiger partial charge >= 0.3 is 0 Å². The summed E-state index contributed by atoms with van der Waals surface area (Å²) in [5, 5.41) is 9.66. The topological polar surface area (TPSA) is 93.9 Å². The lowest BCUT2D eigenvalue weighted by molar-refractivity contribution is 0.410.